The molecule has 0 spiro atoms. The van der Waals surface area contributed by atoms with Gasteiger partial charge in [0.1, 0.15) is 5.82 Å². The van der Waals surface area contributed by atoms with E-state index >= 15 is 0 Å². The zero-order valence-corrected chi connectivity index (χ0v) is 8.42. The summed E-state index contributed by atoms with van der Waals surface area (Å²) in [6, 6.07) is 9.49. The van der Waals surface area contributed by atoms with Crippen LogP contribution in [0, 0.1) is 0 Å². The lowest BCUT2D eigenvalue weighted by Gasteiger charge is -1.98. The van der Waals surface area contributed by atoms with Gasteiger partial charge in [-0.05, 0) is 29.8 Å². The zero-order chi connectivity index (χ0) is 11.5. The molecule has 16 heavy (non-hydrogen) atoms. The van der Waals surface area contributed by atoms with E-state index in [9.17, 15) is 9.90 Å². The number of anilines is 1. The van der Waals surface area contributed by atoms with Crippen molar-refractivity contribution in [2.75, 3.05) is 5.73 Å². The minimum absolute atomic E-state index is 0.281. The fourth-order valence-electron chi connectivity index (χ4n) is 1.35. The molecule has 1 aromatic carbocycles. The van der Waals surface area contributed by atoms with Crippen molar-refractivity contribution in [3.63, 3.8) is 0 Å². The predicted octanol–water partition coefficient (Wildman–Crippen LogP) is 1.40. The monoisotopic (exact) mass is 214 g/mol. The van der Waals surface area contributed by atoms with E-state index in [0.717, 1.165) is 5.56 Å². The summed E-state index contributed by atoms with van der Waals surface area (Å²) in [5.41, 5.74) is 6.57. The van der Waals surface area contributed by atoms with Crippen LogP contribution in [0.1, 0.15) is 0 Å². The van der Waals surface area contributed by atoms with Crippen LogP contribution in [0.4, 0.5) is 5.82 Å². The van der Waals surface area contributed by atoms with Gasteiger partial charge in [-0.1, -0.05) is 12.1 Å². The van der Waals surface area contributed by atoms with Crippen LogP contribution < -0.4 is 11.2 Å². The third kappa shape index (κ3) is 2.00. The second-order valence-corrected chi connectivity index (χ2v) is 3.35. The third-order valence-corrected chi connectivity index (χ3v) is 2.19. The second-order valence-electron chi connectivity index (χ2n) is 3.35. The van der Waals surface area contributed by atoms with Gasteiger partial charge in [0, 0.05) is 11.8 Å². The molecule has 2 rings (SSSR count). The lowest BCUT2D eigenvalue weighted by atomic mass is 10.1. The Balaban J connectivity index is 2.57. The van der Waals surface area contributed by atoms with E-state index < -0.39 is 5.43 Å². The molecule has 0 aliphatic rings. The molecule has 80 valence electrons. The summed E-state index contributed by atoms with van der Waals surface area (Å²) < 4.78 is 0. The summed E-state index contributed by atoms with van der Waals surface area (Å²) >= 11 is 0. The standard InChI is InChI=1S/C12H10N2O2/c13-12-5-4-9(7-14-12)8-2-1-3-10(15)11(16)6-8/h1-7H,(H2,13,14)(H,15,16). The quantitative estimate of drug-likeness (QED) is 0.752. The number of aromatic nitrogens is 1. The van der Waals surface area contributed by atoms with Gasteiger partial charge < -0.3 is 10.8 Å². The first-order valence-electron chi connectivity index (χ1n) is 4.72. The topological polar surface area (TPSA) is 76.2 Å². The summed E-state index contributed by atoms with van der Waals surface area (Å²) in [7, 11) is 0. The number of nitrogens with zero attached hydrogens (tertiary/aromatic N) is 1. The SMILES string of the molecule is Nc1ccc(-c2cccc(=O)c(O)c2)cn1. The Labute approximate surface area is 92.0 Å². The fourth-order valence-corrected chi connectivity index (χ4v) is 1.35. The first-order valence-corrected chi connectivity index (χ1v) is 4.72. The van der Waals surface area contributed by atoms with E-state index in [4.69, 9.17) is 5.73 Å². The van der Waals surface area contributed by atoms with Gasteiger partial charge in [-0.15, -0.1) is 0 Å². The lowest BCUT2D eigenvalue weighted by Crippen LogP contribution is -1.91. The molecule has 0 fully saturated rings. The van der Waals surface area contributed by atoms with Gasteiger partial charge in [0.2, 0.25) is 5.43 Å². The van der Waals surface area contributed by atoms with Crippen molar-refractivity contribution in [1.29, 1.82) is 0 Å². The predicted molar refractivity (Wildman–Crippen MR) is 62.0 cm³/mol. The van der Waals surface area contributed by atoms with Gasteiger partial charge in [-0.25, -0.2) is 4.98 Å². The number of hydrogen-bond donors (Lipinski definition) is 2. The van der Waals surface area contributed by atoms with E-state index in [1.54, 1.807) is 30.5 Å². The highest BCUT2D eigenvalue weighted by atomic mass is 16.3. The largest absolute Gasteiger partial charge is 0.504 e. The molecule has 1 heterocycles. The number of nitrogen functional groups attached to an aromatic ring is 1. The highest BCUT2D eigenvalue weighted by Gasteiger charge is 2.00. The third-order valence-electron chi connectivity index (χ3n) is 2.19. The van der Waals surface area contributed by atoms with E-state index in [1.807, 2.05) is 0 Å². The first-order chi connectivity index (χ1) is 7.66. The van der Waals surface area contributed by atoms with Crippen LogP contribution in [0.2, 0.25) is 0 Å². The molecule has 4 heteroatoms. The number of rotatable bonds is 1. The van der Waals surface area contributed by atoms with Gasteiger partial charge in [0.15, 0.2) is 5.75 Å². The van der Waals surface area contributed by atoms with Gasteiger partial charge in [-0.2, -0.15) is 0 Å². The Morgan fingerprint density at radius 1 is 1.12 bits per heavy atom. The fraction of sp³-hybridized carbons (Fsp3) is 0. The number of hydrogen-bond acceptors (Lipinski definition) is 4. The Hall–Kier alpha value is -2.36. The van der Waals surface area contributed by atoms with Crippen LogP contribution in [0.5, 0.6) is 5.75 Å². The Morgan fingerprint density at radius 2 is 1.94 bits per heavy atom. The molecule has 3 N–H and O–H groups in total. The van der Waals surface area contributed by atoms with Gasteiger partial charge in [-0.3, -0.25) is 4.79 Å². The van der Waals surface area contributed by atoms with Crippen molar-refractivity contribution in [3.05, 3.63) is 52.8 Å². The summed E-state index contributed by atoms with van der Waals surface area (Å²) in [5, 5.41) is 9.42. The van der Waals surface area contributed by atoms with Crippen LogP contribution in [-0.2, 0) is 0 Å². The van der Waals surface area contributed by atoms with Crippen molar-refractivity contribution in [1.82, 2.24) is 4.98 Å². The van der Waals surface area contributed by atoms with Gasteiger partial charge in [0.05, 0.1) is 0 Å². The summed E-state index contributed by atoms with van der Waals surface area (Å²) in [6.07, 6.45) is 1.59. The Bertz CT molecular complexity index is 565. The molecule has 0 unspecified atom stereocenters. The van der Waals surface area contributed by atoms with Crippen molar-refractivity contribution < 1.29 is 5.11 Å². The minimum atomic E-state index is -0.408. The Kier molecular flexibility index (Phi) is 2.55. The summed E-state index contributed by atoms with van der Waals surface area (Å²) in [6.45, 7) is 0. The normalized spacial score (nSPS) is 10.0. The molecule has 0 radical (unpaired) electrons. The van der Waals surface area contributed by atoms with Crippen molar-refractivity contribution in [2.24, 2.45) is 0 Å². The van der Waals surface area contributed by atoms with Crippen molar-refractivity contribution in [2.45, 2.75) is 0 Å². The lowest BCUT2D eigenvalue weighted by molar-refractivity contribution is 0.471. The van der Waals surface area contributed by atoms with E-state index in [0.29, 0.717) is 11.4 Å². The number of pyridine rings is 1. The minimum Gasteiger partial charge on any atom is -0.504 e. The van der Waals surface area contributed by atoms with Crippen molar-refractivity contribution >= 4 is 5.82 Å². The average Bonchev–Trinajstić information content (AvgIpc) is 2.43. The molecular formula is C12H10N2O2. The highest BCUT2D eigenvalue weighted by molar-refractivity contribution is 5.64. The van der Waals surface area contributed by atoms with Crippen molar-refractivity contribution in [3.8, 4) is 16.9 Å². The maximum atomic E-state index is 11.2. The molecule has 0 amide bonds. The van der Waals surface area contributed by atoms with Crippen LogP contribution in [0.25, 0.3) is 11.1 Å². The molecule has 4 nitrogen and oxygen atoms in total. The van der Waals surface area contributed by atoms with Crippen LogP contribution in [-0.4, -0.2) is 10.1 Å². The number of nitrogens with two attached hydrogens (primary N) is 1. The van der Waals surface area contributed by atoms with E-state index in [1.165, 1.54) is 12.1 Å². The molecular weight excluding hydrogens is 204 g/mol. The summed E-state index contributed by atoms with van der Waals surface area (Å²) in [4.78, 5) is 15.1. The molecule has 0 aliphatic heterocycles. The van der Waals surface area contributed by atoms with Crippen LogP contribution in [0.3, 0.4) is 0 Å². The molecule has 2 aromatic rings. The zero-order valence-electron chi connectivity index (χ0n) is 8.42. The van der Waals surface area contributed by atoms with E-state index in [-0.39, 0.29) is 5.75 Å². The molecule has 0 saturated heterocycles. The first kappa shape index (κ1) is 10.2. The van der Waals surface area contributed by atoms with Crippen LogP contribution >= 0.6 is 0 Å². The van der Waals surface area contributed by atoms with Gasteiger partial charge >= 0.3 is 0 Å². The van der Waals surface area contributed by atoms with Crippen LogP contribution in [0.15, 0.2) is 47.4 Å². The molecule has 1 aromatic heterocycles. The van der Waals surface area contributed by atoms with Gasteiger partial charge in [0.25, 0.3) is 0 Å². The second kappa shape index (κ2) is 4.02. The molecule has 0 saturated carbocycles. The summed E-state index contributed by atoms with van der Waals surface area (Å²) in [5.74, 6) is 0.148. The maximum absolute atomic E-state index is 11.2. The molecule has 0 bridgehead atoms. The highest BCUT2D eigenvalue weighted by Crippen LogP contribution is 2.19. The average molecular weight is 214 g/mol. The Morgan fingerprint density at radius 3 is 2.62 bits per heavy atom. The molecule has 0 atom stereocenters. The van der Waals surface area contributed by atoms with E-state index in [2.05, 4.69) is 4.98 Å². The smallest absolute Gasteiger partial charge is 0.220 e. The molecule has 0 aliphatic carbocycles. The number of aromatic hydroxyl groups is 1. The maximum Gasteiger partial charge on any atom is 0.220 e.